The van der Waals surface area contributed by atoms with Crippen molar-refractivity contribution in [2.45, 2.75) is 70.9 Å². The Morgan fingerprint density at radius 1 is 1.05 bits per heavy atom. The molecule has 0 aromatic rings. The molecular weight excluding hydrogens is 361 g/mol. The van der Waals surface area contributed by atoms with Crippen molar-refractivity contribution < 1.29 is 0 Å². The van der Waals surface area contributed by atoms with E-state index in [2.05, 4.69) is 29.5 Å². The largest absolute Gasteiger partial charge is 0.353 e. The van der Waals surface area contributed by atoms with Gasteiger partial charge in [-0.1, -0.05) is 39.0 Å². The predicted octanol–water partition coefficient (Wildman–Crippen LogP) is 3.54. The van der Waals surface area contributed by atoms with Gasteiger partial charge in [0.25, 0.3) is 0 Å². The second-order valence-electron chi connectivity index (χ2n) is 6.84. The Kier molecular flexibility index (Phi) is 5.99. The minimum Gasteiger partial charge on any atom is -0.353 e. The maximum absolute atomic E-state index is 4.59. The molecule has 2 N–H and O–H groups in total. The summed E-state index contributed by atoms with van der Waals surface area (Å²) in [5, 5.41) is 7.25. The summed E-state index contributed by atoms with van der Waals surface area (Å²) in [6, 6.07) is 1.37. The van der Waals surface area contributed by atoms with Crippen molar-refractivity contribution >= 4 is 29.9 Å². The maximum atomic E-state index is 4.59. The van der Waals surface area contributed by atoms with E-state index in [1.165, 1.54) is 44.9 Å². The first-order valence-corrected chi connectivity index (χ1v) is 8.35. The topological polar surface area (TPSA) is 36.4 Å². The summed E-state index contributed by atoms with van der Waals surface area (Å²) >= 11 is 0. The van der Waals surface area contributed by atoms with Gasteiger partial charge in [-0.15, -0.1) is 24.0 Å². The fourth-order valence-corrected chi connectivity index (χ4v) is 3.63. The van der Waals surface area contributed by atoms with Crippen molar-refractivity contribution in [3.05, 3.63) is 0 Å². The number of nitrogens with zero attached hydrogens (tertiary/aromatic N) is 1. The van der Waals surface area contributed by atoms with E-state index in [9.17, 15) is 0 Å². The first-order chi connectivity index (χ1) is 9.28. The van der Waals surface area contributed by atoms with Crippen LogP contribution in [0.2, 0.25) is 0 Å². The molecule has 0 heterocycles. The summed E-state index contributed by atoms with van der Waals surface area (Å²) in [5.41, 5.74) is 0. The van der Waals surface area contributed by atoms with Crippen LogP contribution in [0, 0.1) is 17.8 Å². The van der Waals surface area contributed by atoms with Crippen LogP contribution in [0.25, 0.3) is 0 Å². The molecule has 3 fully saturated rings. The zero-order valence-electron chi connectivity index (χ0n) is 12.9. The molecule has 4 heteroatoms. The number of aliphatic imine (C=N–C) groups is 1. The SMILES string of the molecule is CCN=C(NC1CC1C)NC1CC1C1CCCCC1.I. The highest BCUT2D eigenvalue weighted by molar-refractivity contribution is 14.0. The van der Waals surface area contributed by atoms with Gasteiger partial charge in [-0.2, -0.15) is 0 Å². The van der Waals surface area contributed by atoms with Crippen molar-refractivity contribution in [3.8, 4) is 0 Å². The van der Waals surface area contributed by atoms with Gasteiger partial charge in [0.05, 0.1) is 0 Å². The molecule has 0 bridgehead atoms. The smallest absolute Gasteiger partial charge is 0.191 e. The zero-order valence-corrected chi connectivity index (χ0v) is 15.2. The molecule has 0 aliphatic heterocycles. The minimum absolute atomic E-state index is 0. The van der Waals surface area contributed by atoms with E-state index < -0.39 is 0 Å². The number of halogens is 1. The standard InChI is InChI=1S/C16H29N3.HI/c1-3-17-16(18-14-9-11(14)2)19-15-10-13(15)12-7-5-4-6-8-12;/h11-15H,3-10H2,1-2H3,(H2,17,18,19);1H. The van der Waals surface area contributed by atoms with Gasteiger partial charge in [0.1, 0.15) is 0 Å². The number of hydrogen-bond donors (Lipinski definition) is 2. The van der Waals surface area contributed by atoms with E-state index in [4.69, 9.17) is 0 Å². The van der Waals surface area contributed by atoms with Gasteiger partial charge in [-0.25, -0.2) is 0 Å². The quantitative estimate of drug-likeness (QED) is 0.437. The number of hydrogen-bond acceptors (Lipinski definition) is 1. The predicted molar refractivity (Wildman–Crippen MR) is 95.7 cm³/mol. The fraction of sp³-hybridized carbons (Fsp3) is 0.938. The molecule has 0 spiro atoms. The van der Waals surface area contributed by atoms with Crippen LogP contribution in [-0.4, -0.2) is 24.6 Å². The first kappa shape index (κ1) is 16.4. The van der Waals surface area contributed by atoms with Gasteiger partial charge < -0.3 is 10.6 Å². The highest BCUT2D eigenvalue weighted by Gasteiger charge is 2.44. The highest BCUT2D eigenvalue weighted by atomic mass is 127. The van der Waals surface area contributed by atoms with Crippen LogP contribution < -0.4 is 10.6 Å². The lowest BCUT2D eigenvalue weighted by atomic mass is 9.85. The molecule has 3 nitrogen and oxygen atoms in total. The normalized spacial score (nSPS) is 37.0. The molecule has 20 heavy (non-hydrogen) atoms. The van der Waals surface area contributed by atoms with Crippen LogP contribution in [0.1, 0.15) is 58.8 Å². The molecule has 3 aliphatic carbocycles. The minimum atomic E-state index is 0. The zero-order chi connectivity index (χ0) is 13.2. The van der Waals surface area contributed by atoms with Gasteiger partial charge in [0.15, 0.2) is 5.96 Å². The van der Waals surface area contributed by atoms with E-state index >= 15 is 0 Å². The molecule has 0 radical (unpaired) electrons. The Morgan fingerprint density at radius 3 is 2.30 bits per heavy atom. The summed E-state index contributed by atoms with van der Waals surface area (Å²) in [6.45, 7) is 5.30. The molecule has 3 saturated carbocycles. The molecule has 3 rings (SSSR count). The Hall–Kier alpha value is 0. The van der Waals surface area contributed by atoms with Crippen LogP contribution >= 0.6 is 24.0 Å². The lowest BCUT2D eigenvalue weighted by Crippen LogP contribution is -2.41. The van der Waals surface area contributed by atoms with Crippen molar-refractivity contribution in [1.82, 2.24) is 10.6 Å². The molecule has 3 aliphatic rings. The summed E-state index contributed by atoms with van der Waals surface area (Å²) in [4.78, 5) is 4.59. The van der Waals surface area contributed by atoms with Crippen molar-refractivity contribution in [1.29, 1.82) is 0 Å². The highest BCUT2D eigenvalue weighted by Crippen LogP contribution is 2.44. The second-order valence-corrected chi connectivity index (χ2v) is 6.84. The monoisotopic (exact) mass is 391 g/mol. The van der Waals surface area contributed by atoms with E-state index in [1.54, 1.807) is 0 Å². The van der Waals surface area contributed by atoms with Crippen molar-refractivity contribution in [2.24, 2.45) is 22.7 Å². The molecule has 4 atom stereocenters. The van der Waals surface area contributed by atoms with E-state index in [-0.39, 0.29) is 24.0 Å². The molecule has 116 valence electrons. The lowest BCUT2D eigenvalue weighted by Gasteiger charge is -2.22. The van der Waals surface area contributed by atoms with Crippen LogP contribution in [0.5, 0.6) is 0 Å². The average molecular weight is 391 g/mol. The first-order valence-electron chi connectivity index (χ1n) is 8.35. The van der Waals surface area contributed by atoms with Gasteiger partial charge in [0.2, 0.25) is 0 Å². The Labute approximate surface area is 140 Å². The van der Waals surface area contributed by atoms with Crippen LogP contribution in [0.4, 0.5) is 0 Å². The van der Waals surface area contributed by atoms with Crippen LogP contribution in [0.15, 0.2) is 4.99 Å². The molecular formula is C16H30IN3. The fourth-order valence-electron chi connectivity index (χ4n) is 3.63. The third kappa shape index (κ3) is 4.25. The summed E-state index contributed by atoms with van der Waals surface area (Å²) < 4.78 is 0. The van der Waals surface area contributed by atoms with E-state index in [0.717, 1.165) is 30.3 Å². The van der Waals surface area contributed by atoms with Gasteiger partial charge >= 0.3 is 0 Å². The van der Waals surface area contributed by atoms with Crippen molar-refractivity contribution in [2.75, 3.05) is 6.54 Å². The van der Waals surface area contributed by atoms with Crippen molar-refractivity contribution in [3.63, 3.8) is 0 Å². The average Bonchev–Trinajstić information content (AvgIpc) is 3.31. The Morgan fingerprint density at radius 2 is 1.70 bits per heavy atom. The second kappa shape index (κ2) is 7.32. The van der Waals surface area contributed by atoms with Gasteiger partial charge in [-0.05, 0) is 37.5 Å². The third-order valence-electron chi connectivity index (χ3n) is 5.17. The number of rotatable bonds is 4. The molecule has 0 aromatic heterocycles. The lowest BCUT2D eigenvalue weighted by molar-refractivity contribution is 0.315. The van der Waals surface area contributed by atoms with Crippen LogP contribution in [0.3, 0.4) is 0 Å². The maximum Gasteiger partial charge on any atom is 0.191 e. The summed E-state index contributed by atoms with van der Waals surface area (Å²) in [5.74, 6) is 3.83. The molecule has 0 amide bonds. The number of guanidine groups is 1. The van der Waals surface area contributed by atoms with Gasteiger partial charge in [0, 0.05) is 18.6 Å². The van der Waals surface area contributed by atoms with Crippen LogP contribution in [-0.2, 0) is 0 Å². The Bertz CT molecular complexity index is 339. The van der Waals surface area contributed by atoms with E-state index in [0.29, 0.717) is 12.1 Å². The van der Waals surface area contributed by atoms with Gasteiger partial charge in [-0.3, -0.25) is 4.99 Å². The van der Waals surface area contributed by atoms with E-state index in [1.807, 2.05) is 0 Å². The summed E-state index contributed by atoms with van der Waals surface area (Å²) in [7, 11) is 0. The summed E-state index contributed by atoms with van der Waals surface area (Å²) in [6.07, 6.45) is 10.00. The Balaban J connectivity index is 0.00000147. The third-order valence-corrected chi connectivity index (χ3v) is 5.17. The molecule has 0 saturated heterocycles. The molecule has 0 aromatic carbocycles. The molecule has 4 unspecified atom stereocenters. The number of nitrogens with one attached hydrogen (secondary N) is 2.